The van der Waals surface area contributed by atoms with Gasteiger partial charge in [-0.2, -0.15) is 4.31 Å². The topological polar surface area (TPSA) is 111 Å². The number of sulfonamides is 1. The normalized spacial score (nSPS) is 19.1. The number of thiophene rings is 1. The molecule has 35 heavy (non-hydrogen) atoms. The summed E-state index contributed by atoms with van der Waals surface area (Å²) in [6, 6.07) is 7.32. The van der Waals surface area contributed by atoms with Crippen LogP contribution in [0.5, 0.6) is 5.75 Å². The molecule has 0 aliphatic carbocycles. The first-order valence-electron chi connectivity index (χ1n) is 11.5. The van der Waals surface area contributed by atoms with Gasteiger partial charge < -0.3 is 10.1 Å². The van der Waals surface area contributed by atoms with Crippen molar-refractivity contribution in [1.82, 2.24) is 19.2 Å². The number of amides is 1. The molecule has 0 bridgehead atoms. The van der Waals surface area contributed by atoms with Crippen LogP contribution in [0.15, 0.2) is 40.3 Å². The summed E-state index contributed by atoms with van der Waals surface area (Å²) in [7, 11) is -2.33. The van der Waals surface area contributed by atoms with Crippen LogP contribution in [-0.4, -0.2) is 48.4 Å². The van der Waals surface area contributed by atoms with Crippen molar-refractivity contribution in [3.63, 3.8) is 0 Å². The number of hydrogen-bond acceptors (Lipinski definition) is 7. The maximum Gasteiger partial charge on any atom is 0.263 e. The van der Waals surface area contributed by atoms with Crippen LogP contribution in [0.3, 0.4) is 0 Å². The largest absolute Gasteiger partial charge is 0.496 e. The summed E-state index contributed by atoms with van der Waals surface area (Å²) in [6.07, 6.45) is 2.26. The fourth-order valence-electron chi connectivity index (χ4n) is 4.72. The number of aryl methyl sites for hydroxylation is 1. The number of aromatic nitrogens is 2. The second-order valence-corrected chi connectivity index (χ2v) is 12.3. The second kappa shape index (κ2) is 10.1. The molecule has 1 aliphatic rings. The van der Waals surface area contributed by atoms with Crippen molar-refractivity contribution in [2.24, 2.45) is 11.8 Å². The summed E-state index contributed by atoms with van der Waals surface area (Å²) in [4.78, 5) is 31.2. The summed E-state index contributed by atoms with van der Waals surface area (Å²) in [5.41, 5.74) is 0.263. The minimum absolute atomic E-state index is 0.0140. The van der Waals surface area contributed by atoms with Gasteiger partial charge in [-0.25, -0.2) is 13.4 Å². The molecule has 0 unspecified atom stereocenters. The summed E-state index contributed by atoms with van der Waals surface area (Å²) in [5.74, 6) is 0.730. The number of nitrogens with one attached hydrogen (secondary N) is 1. The second-order valence-electron chi connectivity index (χ2n) is 9.20. The van der Waals surface area contributed by atoms with E-state index in [4.69, 9.17) is 4.74 Å². The van der Waals surface area contributed by atoms with Crippen LogP contribution in [0, 0.1) is 18.8 Å². The van der Waals surface area contributed by atoms with Gasteiger partial charge in [-0.15, -0.1) is 11.3 Å². The number of carbonyl (C=O) groups excluding carboxylic acids is 1. The summed E-state index contributed by atoms with van der Waals surface area (Å²) >= 11 is 1.18. The summed E-state index contributed by atoms with van der Waals surface area (Å²) < 4.78 is 35.2. The van der Waals surface area contributed by atoms with Crippen LogP contribution in [0.2, 0.25) is 0 Å². The molecule has 3 heterocycles. The van der Waals surface area contributed by atoms with Crippen LogP contribution in [0.25, 0.3) is 10.2 Å². The van der Waals surface area contributed by atoms with Crippen molar-refractivity contribution in [3.8, 4) is 5.75 Å². The van der Waals surface area contributed by atoms with E-state index in [0.717, 1.165) is 16.6 Å². The van der Waals surface area contributed by atoms with Crippen molar-refractivity contribution in [2.45, 2.75) is 45.2 Å². The third kappa shape index (κ3) is 5.12. The van der Waals surface area contributed by atoms with Crippen LogP contribution < -0.4 is 15.6 Å². The molecule has 4 rings (SSSR count). The third-order valence-electron chi connectivity index (χ3n) is 6.22. The maximum absolute atomic E-state index is 13.6. The summed E-state index contributed by atoms with van der Waals surface area (Å²) in [6.45, 7) is 6.56. The minimum Gasteiger partial charge on any atom is -0.496 e. The molecule has 1 N–H and O–H groups in total. The van der Waals surface area contributed by atoms with Gasteiger partial charge in [0.25, 0.3) is 5.56 Å². The number of benzene rings is 1. The number of piperidine rings is 1. The van der Waals surface area contributed by atoms with E-state index in [-0.39, 0.29) is 35.2 Å². The number of methoxy groups -OCH3 is 1. The van der Waals surface area contributed by atoms with Gasteiger partial charge in [0, 0.05) is 30.1 Å². The molecular formula is C24H30N4O5S2. The van der Waals surface area contributed by atoms with Crippen LogP contribution in [0.4, 0.5) is 0 Å². The van der Waals surface area contributed by atoms with Crippen molar-refractivity contribution in [3.05, 3.63) is 51.4 Å². The molecular weight excluding hydrogens is 488 g/mol. The molecule has 3 aromatic rings. The van der Waals surface area contributed by atoms with E-state index >= 15 is 0 Å². The predicted octanol–water partition coefficient (Wildman–Crippen LogP) is 2.76. The molecule has 1 amide bonds. The fourth-order valence-corrected chi connectivity index (χ4v) is 8.07. The Hall–Kier alpha value is -2.76. The molecule has 2 aromatic heterocycles. The Labute approximate surface area is 208 Å². The zero-order chi connectivity index (χ0) is 25.3. The Morgan fingerprint density at radius 1 is 1.23 bits per heavy atom. The van der Waals surface area contributed by atoms with E-state index in [1.165, 1.54) is 22.0 Å². The molecule has 0 radical (unpaired) electrons. The van der Waals surface area contributed by atoms with Gasteiger partial charge in [0.15, 0.2) is 0 Å². The standard InChI is InChI=1S/C24H30N4O5S2/c1-15-9-16(2)12-28(11-15)35(31,32)22-17(3)34-23-21(22)24(30)27(14-26-23)13-20(29)25-10-18-7-5-6-8-19(18)33-4/h5-8,14-16H,9-13H2,1-4H3,(H,25,29)/t15-,16-/m1/s1. The van der Waals surface area contributed by atoms with Gasteiger partial charge in [0.05, 0.1) is 18.8 Å². The number of para-hydroxylation sites is 1. The lowest BCUT2D eigenvalue weighted by atomic mass is 9.94. The molecule has 1 fully saturated rings. The highest BCUT2D eigenvalue weighted by Gasteiger charge is 2.35. The van der Waals surface area contributed by atoms with Crippen molar-refractivity contribution in [1.29, 1.82) is 0 Å². The van der Waals surface area contributed by atoms with E-state index in [0.29, 0.717) is 28.5 Å². The van der Waals surface area contributed by atoms with Gasteiger partial charge in [-0.05, 0) is 31.2 Å². The van der Waals surface area contributed by atoms with Crippen LogP contribution >= 0.6 is 11.3 Å². The highest BCUT2D eigenvalue weighted by Crippen LogP contribution is 2.35. The average Bonchev–Trinajstić information content (AvgIpc) is 3.16. The lowest BCUT2D eigenvalue weighted by molar-refractivity contribution is -0.121. The van der Waals surface area contributed by atoms with E-state index < -0.39 is 21.5 Å². The number of hydrogen-bond donors (Lipinski definition) is 1. The van der Waals surface area contributed by atoms with Crippen LogP contribution in [0.1, 0.15) is 30.7 Å². The molecule has 2 atom stereocenters. The van der Waals surface area contributed by atoms with Crippen molar-refractivity contribution in [2.75, 3.05) is 20.2 Å². The Bertz CT molecular complexity index is 1400. The molecule has 1 aliphatic heterocycles. The number of nitrogens with zero attached hydrogens (tertiary/aromatic N) is 3. The predicted molar refractivity (Wildman–Crippen MR) is 135 cm³/mol. The van der Waals surface area contributed by atoms with Crippen LogP contribution in [-0.2, 0) is 27.9 Å². The summed E-state index contributed by atoms with van der Waals surface area (Å²) in [5, 5.41) is 2.83. The highest BCUT2D eigenvalue weighted by molar-refractivity contribution is 7.89. The monoisotopic (exact) mass is 518 g/mol. The molecule has 0 spiro atoms. The first kappa shape index (κ1) is 25.3. The zero-order valence-electron chi connectivity index (χ0n) is 20.3. The Morgan fingerprint density at radius 2 is 1.91 bits per heavy atom. The first-order chi connectivity index (χ1) is 16.6. The van der Waals surface area contributed by atoms with E-state index in [2.05, 4.69) is 10.3 Å². The molecule has 9 nitrogen and oxygen atoms in total. The molecule has 188 valence electrons. The lowest BCUT2D eigenvalue weighted by Gasteiger charge is -2.34. The smallest absolute Gasteiger partial charge is 0.263 e. The van der Waals surface area contributed by atoms with Gasteiger partial charge in [-0.1, -0.05) is 32.0 Å². The quantitative estimate of drug-likeness (QED) is 0.515. The number of ether oxygens (including phenoxy) is 1. The first-order valence-corrected chi connectivity index (χ1v) is 13.7. The fraction of sp³-hybridized carbons (Fsp3) is 0.458. The third-order valence-corrected chi connectivity index (χ3v) is 9.36. The van der Waals surface area contributed by atoms with Gasteiger partial charge in [-0.3, -0.25) is 14.2 Å². The van der Waals surface area contributed by atoms with E-state index in [9.17, 15) is 18.0 Å². The Kier molecular flexibility index (Phi) is 7.30. The van der Waals surface area contributed by atoms with Gasteiger partial charge in [0.2, 0.25) is 15.9 Å². The van der Waals surface area contributed by atoms with Gasteiger partial charge in [0.1, 0.15) is 22.0 Å². The maximum atomic E-state index is 13.6. The SMILES string of the molecule is COc1ccccc1CNC(=O)Cn1cnc2sc(C)c(S(=O)(=O)N3C[C@H](C)C[C@@H](C)C3)c2c1=O. The average molecular weight is 519 g/mol. The van der Waals surface area contributed by atoms with Gasteiger partial charge >= 0.3 is 0 Å². The molecule has 0 saturated carbocycles. The zero-order valence-corrected chi connectivity index (χ0v) is 21.9. The van der Waals surface area contributed by atoms with E-state index in [1.54, 1.807) is 20.1 Å². The van der Waals surface area contributed by atoms with Crippen molar-refractivity contribution < 1.29 is 17.9 Å². The molecule has 1 saturated heterocycles. The number of rotatable bonds is 7. The Morgan fingerprint density at radius 3 is 2.60 bits per heavy atom. The van der Waals surface area contributed by atoms with E-state index in [1.807, 2.05) is 32.0 Å². The lowest BCUT2D eigenvalue weighted by Crippen LogP contribution is -2.43. The molecule has 11 heteroatoms. The number of carbonyl (C=O) groups is 1. The Balaban J connectivity index is 1.62. The van der Waals surface area contributed by atoms with Crippen molar-refractivity contribution >= 4 is 37.5 Å². The molecule has 1 aromatic carbocycles. The minimum atomic E-state index is -3.89. The highest BCUT2D eigenvalue weighted by atomic mass is 32.2. The number of fused-ring (bicyclic) bond motifs is 1.